The van der Waals surface area contributed by atoms with E-state index >= 15 is 0 Å². The Morgan fingerprint density at radius 3 is 2.84 bits per heavy atom. The van der Waals surface area contributed by atoms with Gasteiger partial charge in [0.1, 0.15) is 5.82 Å². The fraction of sp³-hybridized carbons (Fsp3) is 0.111. The van der Waals surface area contributed by atoms with E-state index in [1.165, 1.54) is 0 Å². The molecule has 0 fully saturated rings. The number of fused-ring (bicyclic) bond motifs is 1. The number of hydrogen-bond acceptors (Lipinski definition) is 6. The van der Waals surface area contributed by atoms with Crippen LogP contribution < -0.4 is 20.1 Å². The number of hydrogen-bond donors (Lipinski definition) is 2. The number of benzene rings is 2. The van der Waals surface area contributed by atoms with Crippen LogP contribution in [0.3, 0.4) is 0 Å². The van der Waals surface area contributed by atoms with Gasteiger partial charge in [0.15, 0.2) is 11.5 Å². The predicted octanol–water partition coefficient (Wildman–Crippen LogP) is 4.21. The van der Waals surface area contributed by atoms with Gasteiger partial charge in [-0.3, -0.25) is 0 Å². The molecule has 6 nitrogen and oxygen atoms in total. The number of anilines is 3. The molecule has 2 N–H and O–H groups in total. The minimum atomic E-state index is 0.273. The van der Waals surface area contributed by atoms with Crippen molar-refractivity contribution in [1.29, 1.82) is 0 Å². The van der Waals surface area contributed by atoms with Crippen molar-refractivity contribution in [3.05, 3.63) is 65.3 Å². The van der Waals surface area contributed by atoms with E-state index in [1.54, 1.807) is 6.20 Å². The summed E-state index contributed by atoms with van der Waals surface area (Å²) in [6.07, 6.45) is 1.69. The normalized spacial score (nSPS) is 12.0. The van der Waals surface area contributed by atoms with Gasteiger partial charge in [-0.25, -0.2) is 4.98 Å². The largest absolute Gasteiger partial charge is 0.454 e. The van der Waals surface area contributed by atoms with Gasteiger partial charge in [0, 0.05) is 12.7 Å². The maximum absolute atomic E-state index is 6.15. The van der Waals surface area contributed by atoms with E-state index in [0.717, 1.165) is 22.7 Å². The number of nitrogens with one attached hydrogen (secondary N) is 2. The molecule has 4 rings (SSSR count). The lowest BCUT2D eigenvalue weighted by Crippen LogP contribution is -2.04. The average Bonchev–Trinajstić information content (AvgIpc) is 3.10. The summed E-state index contributed by atoms with van der Waals surface area (Å²) in [6, 6.07) is 15.1. The molecule has 0 spiro atoms. The van der Waals surface area contributed by atoms with Gasteiger partial charge >= 0.3 is 0 Å². The minimum absolute atomic E-state index is 0.273. The molecule has 0 bridgehead atoms. The van der Waals surface area contributed by atoms with Crippen LogP contribution in [0.25, 0.3) is 0 Å². The molecule has 0 amide bonds. The Labute approximate surface area is 149 Å². The second-order valence-corrected chi connectivity index (χ2v) is 5.82. The van der Waals surface area contributed by atoms with Crippen molar-refractivity contribution in [3.8, 4) is 11.5 Å². The van der Waals surface area contributed by atoms with Gasteiger partial charge in [-0.15, -0.1) is 0 Å². The molecule has 3 aromatic rings. The lowest BCUT2D eigenvalue weighted by Gasteiger charge is -2.09. The Kier molecular flexibility index (Phi) is 4.26. The third-order valence-corrected chi connectivity index (χ3v) is 4.02. The third-order valence-electron chi connectivity index (χ3n) is 3.69. The number of ether oxygens (including phenoxy) is 2. The van der Waals surface area contributed by atoms with Gasteiger partial charge in [0.2, 0.25) is 12.7 Å². The Morgan fingerprint density at radius 2 is 1.92 bits per heavy atom. The molecular formula is C18H15ClN4O2. The van der Waals surface area contributed by atoms with Crippen LogP contribution in [-0.2, 0) is 6.54 Å². The zero-order valence-electron chi connectivity index (χ0n) is 13.2. The Balaban J connectivity index is 1.44. The molecule has 1 aliphatic heterocycles. The zero-order chi connectivity index (χ0) is 17.1. The fourth-order valence-electron chi connectivity index (χ4n) is 2.44. The highest BCUT2D eigenvalue weighted by atomic mass is 35.5. The van der Waals surface area contributed by atoms with Crippen molar-refractivity contribution in [1.82, 2.24) is 9.97 Å². The number of para-hydroxylation sites is 1. The quantitative estimate of drug-likeness (QED) is 0.715. The van der Waals surface area contributed by atoms with Gasteiger partial charge in [0.25, 0.3) is 0 Å². The smallest absolute Gasteiger partial charge is 0.231 e. The first-order chi connectivity index (χ1) is 12.3. The van der Waals surface area contributed by atoms with Crippen molar-refractivity contribution < 1.29 is 9.47 Å². The van der Waals surface area contributed by atoms with Crippen LogP contribution in [0.15, 0.2) is 54.7 Å². The van der Waals surface area contributed by atoms with Gasteiger partial charge in [0.05, 0.1) is 10.7 Å². The van der Waals surface area contributed by atoms with E-state index in [-0.39, 0.29) is 6.79 Å². The first kappa shape index (κ1) is 15.5. The van der Waals surface area contributed by atoms with E-state index in [9.17, 15) is 0 Å². The summed E-state index contributed by atoms with van der Waals surface area (Å²) in [6.45, 7) is 0.883. The summed E-state index contributed by atoms with van der Waals surface area (Å²) in [5.74, 6) is 2.73. The summed E-state index contributed by atoms with van der Waals surface area (Å²) in [4.78, 5) is 8.67. The first-order valence-corrected chi connectivity index (χ1v) is 8.13. The van der Waals surface area contributed by atoms with E-state index in [1.807, 2.05) is 48.5 Å². The number of halogens is 1. The van der Waals surface area contributed by atoms with E-state index in [0.29, 0.717) is 23.3 Å². The molecule has 126 valence electrons. The molecule has 0 atom stereocenters. The number of nitrogens with zero attached hydrogens (tertiary/aromatic N) is 2. The highest BCUT2D eigenvalue weighted by molar-refractivity contribution is 6.33. The molecule has 1 aliphatic rings. The molecule has 0 unspecified atom stereocenters. The van der Waals surface area contributed by atoms with E-state index in [4.69, 9.17) is 21.1 Å². The second-order valence-electron chi connectivity index (χ2n) is 5.41. The Morgan fingerprint density at radius 1 is 1.04 bits per heavy atom. The van der Waals surface area contributed by atoms with Crippen LogP contribution in [0.5, 0.6) is 11.5 Å². The molecule has 7 heteroatoms. The molecule has 0 radical (unpaired) electrons. The summed E-state index contributed by atoms with van der Waals surface area (Å²) in [7, 11) is 0. The van der Waals surface area contributed by atoms with Crippen LogP contribution in [0.4, 0.5) is 17.5 Å². The molecule has 0 aliphatic carbocycles. The van der Waals surface area contributed by atoms with Crippen molar-refractivity contribution in [3.63, 3.8) is 0 Å². The maximum atomic E-state index is 6.15. The molecular weight excluding hydrogens is 340 g/mol. The topological polar surface area (TPSA) is 68.3 Å². The van der Waals surface area contributed by atoms with Crippen molar-refractivity contribution in [2.75, 3.05) is 17.4 Å². The fourth-order valence-corrected chi connectivity index (χ4v) is 2.63. The molecule has 0 saturated carbocycles. The van der Waals surface area contributed by atoms with Gasteiger partial charge < -0.3 is 20.1 Å². The zero-order valence-corrected chi connectivity index (χ0v) is 14.0. The van der Waals surface area contributed by atoms with Crippen LogP contribution in [0.2, 0.25) is 5.02 Å². The highest BCUT2D eigenvalue weighted by Gasteiger charge is 2.13. The van der Waals surface area contributed by atoms with Crippen LogP contribution in [0.1, 0.15) is 5.56 Å². The minimum Gasteiger partial charge on any atom is -0.454 e. The predicted molar refractivity (Wildman–Crippen MR) is 96.7 cm³/mol. The van der Waals surface area contributed by atoms with Gasteiger partial charge in [-0.2, -0.15) is 4.98 Å². The monoisotopic (exact) mass is 354 g/mol. The van der Waals surface area contributed by atoms with Crippen LogP contribution in [-0.4, -0.2) is 16.8 Å². The SMILES string of the molecule is Clc1ccccc1Nc1nccc(NCc2ccc3c(c2)OCO3)n1. The first-order valence-electron chi connectivity index (χ1n) is 7.75. The molecule has 2 aromatic carbocycles. The average molecular weight is 355 g/mol. The van der Waals surface area contributed by atoms with E-state index in [2.05, 4.69) is 20.6 Å². The molecule has 2 heterocycles. The lowest BCUT2D eigenvalue weighted by molar-refractivity contribution is 0.174. The Bertz CT molecular complexity index is 904. The van der Waals surface area contributed by atoms with Crippen molar-refractivity contribution in [2.24, 2.45) is 0 Å². The van der Waals surface area contributed by atoms with E-state index < -0.39 is 0 Å². The summed E-state index contributed by atoms with van der Waals surface area (Å²) in [5.41, 5.74) is 1.83. The third kappa shape index (κ3) is 3.59. The van der Waals surface area contributed by atoms with Crippen LogP contribution >= 0.6 is 11.6 Å². The highest BCUT2D eigenvalue weighted by Crippen LogP contribution is 2.32. The second kappa shape index (κ2) is 6.86. The number of rotatable bonds is 5. The van der Waals surface area contributed by atoms with Gasteiger partial charge in [-0.1, -0.05) is 29.8 Å². The standard InChI is InChI=1S/C18H15ClN4O2/c19-13-3-1-2-4-14(13)22-18-20-8-7-17(23-18)21-10-12-5-6-15-16(9-12)25-11-24-15/h1-9H,10-11H2,(H2,20,21,22,23). The summed E-state index contributed by atoms with van der Waals surface area (Å²) < 4.78 is 10.7. The Hall–Kier alpha value is -2.99. The lowest BCUT2D eigenvalue weighted by atomic mass is 10.2. The summed E-state index contributed by atoms with van der Waals surface area (Å²) in [5, 5.41) is 7.00. The summed E-state index contributed by atoms with van der Waals surface area (Å²) >= 11 is 6.15. The molecule has 1 aromatic heterocycles. The van der Waals surface area contributed by atoms with Crippen LogP contribution in [0, 0.1) is 0 Å². The van der Waals surface area contributed by atoms with Crippen molar-refractivity contribution in [2.45, 2.75) is 6.54 Å². The van der Waals surface area contributed by atoms with Gasteiger partial charge in [-0.05, 0) is 35.9 Å². The van der Waals surface area contributed by atoms with Crippen molar-refractivity contribution >= 4 is 29.1 Å². The number of aromatic nitrogens is 2. The molecule has 25 heavy (non-hydrogen) atoms. The maximum Gasteiger partial charge on any atom is 0.231 e. The molecule has 0 saturated heterocycles.